The number of Topliss-reactive ketones (excluding diaryl/α,β-unsaturated/α-hetero) is 1. The van der Waals surface area contributed by atoms with Crippen molar-refractivity contribution >= 4 is 46.2 Å². The molecule has 3 unspecified atom stereocenters. The zero-order valence-electron chi connectivity index (χ0n) is 39.1. The molecule has 4 aliphatic rings. The molecular formula is C46H69FN6O10S. The average molecular weight is 917 g/mol. The predicted molar refractivity (Wildman–Crippen MR) is 241 cm³/mol. The van der Waals surface area contributed by atoms with Crippen molar-refractivity contribution in [3.63, 3.8) is 0 Å². The predicted octanol–water partition coefficient (Wildman–Crippen LogP) is 5.75. The van der Waals surface area contributed by atoms with Crippen LogP contribution >= 0.6 is 11.3 Å². The van der Waals surface area contributed by atoms with Gasteiger partial charge in [-0.2, -0.15) is 0 Å². The van der Waals surface area contributed by atoms with Crippen LogP contribution in [0.1, 0.15) is 107 Å². The zero-order chi connectivity index (χ0) is 47.5. The van der Waals surface area contributed by atoms with Crippen LogP contribution in [0.3, 0.4) is 0 Å². The fourth-order valence-electron chi connectivity index (χ4n) is 9.69. The summed E-state index contributed by atoms with van der Waals surface area (Å²) in [6.07, 6.45) is -4.21. The first-order valence-corrected chi connectivity index (χ1v) is 23.2. The number of alkyl halides is 1. The second kappa shape index (κ2) is 20.9. The molecule has 356 valence electrons. The number of anilines is 1. The molecule has 64 heavy (non-hydrogen) atoms. The normalized spacial score (nSPS) is 38.0. The molecule has 14 atom stereocenters. The minimum absolute atomic E-state index is 0.0313. The number of nitrogens with two attached hydrogens (primary N) is 1. The fraction of sp³-hybridized carbons (Fsp3) is 0.717. The summed E-state index contributed by atoms with van der Waals surface area (Å²) >= 11 is 1.39. The van der Waals surface area contributed by atoms with E-state index in [1.54, 1.807) is 38.4 Å². The van der Waals surface area contributed by atoms with Gasteiger partial charge in [0.15, 0.2) is 12.1 Å². The number of pyridine rings is 1. The molecule has 5 N–H and O–H groups in total. The molecular weight excluding hydrogens is 848 g/mol. The number of rotatable bonds is 9. The van der Waals surface area contributed by atoms with Crippen LogP contribution in [0.2, 0.25) is 0 Å². The minimum Gasteiger partial charge on any atom is -0.457 e. The van der Waals surface area contributed by atoms with Crippen LogP contribution in [0, 0.1) is 29.1 Å². The number of amides is 1. The highest BCUT2D eigenvalue weighted by Gasteiger charge is 2.56. The van der Waals surface area contributed by atoms with E-state index in [1.165, 1.54) is 25.2 Å². The number of esters is 1. The highest BCUT2D eigenvalue weighted by Crippen LogP contribution is 2.43. The van der Waals surface area contributed by atoms with Gasteiger partial charge in [-0.3, -0.25) is 14.6 Å². The summed E-state index contributed by atoms with van der Waals surface area (Å²) in [7, 11) is 3.63. The van der Waals surface area contributed by atoms with Gasteiger partial charge in [0.05, 0.1) is 48.5 Å². The fourth-order valence-corrected chi connectivity index (χ4v) is 10.4. The van der Waals surface area contributed by atoms with Crippen molar-refractivity contribution in [1.29, 1.82) is 5.41 Å². The van der Waals surface area contributed by atoms with E-state index in [2.05, 4.69) is 9.97 Å². The number of aliphatic hydroxyl groups excluding tert-OH is 1. The van der Waals surface area contributed by atoms with Crippen molar-refractivity contribution in [3.05, 3.63) is 29.4 Å². The number of aliphatic imine (C=N–C) groups is 1. The lowest BCUT2D eigenvalue weighted by atomic mass is 9.69. The molecule has 16 nitrogen and oxygen atoms in total. The number of nitrogens with zero attached hydrogens (tertiary/aromatic N) is 4. The molecule has 18 heteroatoms. The summed E-state index contributed by atoms with van der Waals surface area (Å²) in [5.41, 5.74) is 0.932. The Morgan fingerprint density at radius 1 is 1.16 bits per heavy atom. The number of hydrogen-bond donors (Lipinski definition) is 4. The molecule has 0 aromatic carbocycles. The monoisotopic (exact) mass is 916 g/mol. The molecule has 0 aliphatic carbocycles. The van der Waals surface area contributed by atoms with Gasteiger partial charge in [-0.15, -0.1) is 11.3 Å². The quantitative estimate of drug-likeness (QED) is 0.174. The van der Waals surface area contributed by atoms with Crippen molar-refractivity contribution in [2.24, 2.45) is 28.7 Å². The smallest absolute Gasteiger partial charge is 0.351 e. The number of nitrogen functional groups attached to an aromatic ring is 1. The number of thiazole rings is 1. The topological polar surface area (TPSA) is 229 Å². The van der Waals surface area contributed by atoms with Crippen LogP contribution in [0.5, 0.6) is 0 Å². The summed E-state index contributed by atoms with van der Waals surface area (Å²) in [6.45, 7) is 14.0. The number of ether oxygens (including phenoxy) is 5. The van der Waals surface area contributed by atoms with Gasteiger partial charge in [-0.05, 0) is 97.9 Å². The number of likely N-dealkylation sites (N-methyl/N-ethyl adjacent to an activating group) is 1. The van der Waals surface area contributed by atoms with E-state index in [9.17, 15) is 24.6 Å². The molecule has 4 aliphatic heterocycles. The first-order valence-electron chi connectivity index (χ1n) is 22.4. The van der Waals surface area contributed by atoms with Crippen LogP contribution in [0.15, 0.2) is 28.7 Å². The lowest BCUT2D eigenvalue weighted by Crippen LogP contribution is -2.60. The number of halogens is 1. The maximum absolute atomic E-state index is 17.1. The first-order chi connectivity index (χ1) is 29.9. The number of fused-ring (bicyclic) bond motifs is 15. The van der Waals surface area contributed by atoms with E-state index >= 15 is 4.39 Å². The lowest BCUT2D eigenvalue weighted by molar-refractivity contribution is -0.296. The van der Waals surface area contributed by atoms with E-state index < -0.39 is 101 Å². The molecule has 6 rings (SSSR count). The minimum atomic E-state index is -3.22. The second-order valence-electron chi connectivity index (χ2n) is 18.8. The largest absolute Gasteiger partial charge is 0.457 e. The molecule has 2 aromatic heterocycles. The Hall–Kier alpha value is -3.62. The molecule has 4 saturated heterocycles. The zero-order valence-corrected chi connectivity index (χ0v) is 39.9. The van der Waals surface area contributed by atoms with E-state index in [4.69, 9.17) is 39.8 Å². The van der Waals surface area contributed by atoms with Crippen LogP contribution in [-0.2, 0) is 44.7 Å². The lowest BCUT2D eigenvalue weighted by Gasteiger charge is -2.47. The molecule has 0 spiro atoms. The SMILES string of the molecule is CCC(=O)N=C1C(OCc2ccc(-c3nc(N)cs3)cn2)[C@H](C)[C@H]2CCC(=N)CO[C@](C)(C[C@H]1C)[C@H](O[C@@H]1OC(C)CC(N(C)C)[C@H]1O)[C@@H](C)C(=O)[C@](C)(F)C(=O)O[C@H](CC)[C@@]2(C)O. The molecule has 6 heterocycles. The van der Waals surface area contributed by atoms with Crippen molar-refractivity contribution in [2.45, 2.75) is 167 Å². The van der Waals surface area contributed by atoms with Crippen LogP contribution in [0.25, 0.3) is 10.6 Å². The Morgan fingerprint density at radius 2 is 1.86 bits per heavy atom. The number of aliphatic hydroxyl groups is 2. The summed E-state index contributed by atoms with van der Waals surface area (Å²) in [4.78, 5) is 57.7. The van der Waals surface area contributed by atoms with E-state index in [0.717, 1.165) is 12.5 Å². The maximum Gasteiger partial charge on any atom is 0.351 e. The maximum atomic E-state index is 17.1. The summed E-state index contributed by atoms with van der Waals surface area (Å²) in [6, 6.07) is 3.23. The number of carbonyl (C=O) groups excluding carboxylic acids is 3. The Morgan fingerprint density at radius 3 is 2.45 bits per heavy atom. The summed E-state index contributed by atoms with van der Waals surface area (Å²) in [5, 5.41) is 36.0. The number of hydrogen-bond acceptors (Lipinski definition) is 16. The summed E-state index contributed by atoms with van der Waals surface area (Å²) in [5.74, 6) is -6.35. The van der Waals surface area contributed by atoms with Gasteiger partial charge in [0, 0.05) is 47.2 Å². The number of ketones is 1. The molecule has 2 bridgehead atoms. The van der Waals surface area contributed by atoms with Gasteiger partial charge >= 0.3 is 5.97 Å². The third-order valence-corrected chi connectivity index (χ3v) is 14.3. The van der Waals surface area contributed by atoms with Gasteiger partial charge in [-0.1, -0.05) is 34.6 Å². The van der Waals surface area contributed by atoms with E-state index in [-0.39, 0.29) is 51.0 Å². The van der Waals surface area contributed by atoms with Crippen LogP contribution in [0.4, 0.5) is 10.2 Å². The Bertz CT molecular complexity index is 2000. The number of carbonyl (C=O) groups is 3. The van der Waals surface area contributed by atoms with Gasteiger partial charge in [0.1, 0.15) is 28.6 Å². The van der Waals surface area contributed by atoms with E-state index in [1.807, 2.05) is 45.8 Å². The van der Waals surface area contributed by atoms with Gasteiger partial charge in [-0.25, -0.2) is 19.2 Å². The van der Waals surface area contributed by atoms with Crippen molar-refractivity contribution < 1.29 is 52.7 Å². The van der Waals surface area contributed by atoms with E-state index in [0.29, 0.717) is 28.7 Å². The third-order valence-electron chi connectivity index (χ3n) is 13.4. The third kappa shape index (κ3) is 11.3. The highest BCUT2D eigenvalue weighted by molar-refractivity contribution is 7.13. The van der Waals surface area contributed by atoms with Crippen LogP contribution < -0.4 is 5.73 Å². The molecule has 2 aromatic rings. The van der Waals surface area contributed by atoms with Gasteiger partial charge < -0.3 is 49.9 Å². The average Bonchev–Trinajstić information content (AvgIpc) is 3.68. The van der Waals surface area contributed by atoms with Crippen molar-refractivity contribution in [3.8, 4) is 10.6 Å². The highest BCUT2D eigenvalue weighted by atomic mass is 32.1. The molecule has 0 radical (unpaired) electrons. The number of nitrogens with one attached hydrogen (secondary N) is 1. The second-order valence-corrected chi connectivity index (χ2v) is 19.6. The Kier molecular flexibility index (Phi) is 16.8. The first kappa shape index (κ1) is 51.4. The Balaban J connectivity index is 1.72. The molecule has 0 saturated carbocycles. The van der Waals surface area contributed by atoms with Gasteiger partial charge in [0.25, 0.3) is 5.67 Å². The van der Waals surface area contributed by atoms with Crippen molar-refractivity contribution in [2.75, 3.05) is 26.4 Å². The number of aromatic nitrogens is 2. The van der Waals surface area contributed by atoms with Crippen LogP contribution in [-0.4, -0.2) is 135 Å². The standard InChI is InChI=1S/C46H69FN6O10S/c1-12-33-46(9,58)31-17-15-29(48)21-60-44(7,40(27(6)39(56)45(8,47)43(57)62-33)63-42-37(55)32(53(10)11)18-25(4)61-42)19-24(3)36(52-35(54)13-2)38(26(31)5)59-22-30-16-14-28(20-50-30)41-51-34(49)23-64-41/h14,16,20,23-27,31-33,37-38,40,42,48,55,58H,12-13,15,17-19,21-22,49H2,1-11H3/t24-,25?,26-,27+,31-,32?,33-,37-,38?,40-,42+,44-,45+,46+/m1/s1. The Labute approximate surface area is 380 Å². The summed E-state index contributed by atoms with van der Waals surface area (Å²) < 4.78 is 49.4. The molecule has 4 fully saturated rings. The van der Waals surface area contributed by atoms with Gasteiger partial charge in [0.2, 0.25) is 5.91 Å². The molecule has 1 amide bonds. The van der Waals surface area contributed by atoms with Crippen molar-refractivity contribution in [1.82, 2.24) is 14.9 Å².